The number of carboxylic acid groups (broad SMARTS) is 1. The second kappa shape index (κ2) is 4.67. The summed E-state index contributed by atoms with van der Waals surface area (Å²) < 4.78 is 0. The van der Waals surface area contributed by atoms with Crippen molar-refractivity contribution in [3.8, 4) is 0 Å². The van der Waals surface area contributed by atoms with Crippen LogP contribution < -0.4 is 5.32 Å². The summed E-state index contributed by atoms with van der Waals surface area (Å²) in [5.74, 6) is -1.04. The van der Waals surface area contributed by atoms with Gasteiger partial charge in [0, 0.05) is 5.70 Å². The number of hydrogen-bond donors (Lipinski definition) is 3. The predicted molar refractivity (Wildman–Crippen MR) is 48.1 cm³/mol. The zero-order chi connectivity index (χ0) is 9.68. The molecule has 0 aromatic heterocycles. The molecule has 0 saturated heterocycles. The summed E-state index contributed by atoms with van der Waals surface area (Å²) in [5.41, 5.74) is 0.771. The molecule has 3 N–H and O–H groups in total. The Kier molecular flexibility index (Phi) is 3.52. The second-order valence-electron chi connectivity index (χ2n) is 2.86. The molecule has 0 radical (unpaired) electrons. The van der Waals surface area contributed by atoms with Crippen LogP contribution in [0.2, 0.25) is 0 Å². The van der Waals surface area contributed by atoms with Gasteiger partial charge < -0.3 is 15.5 Å². The molecule has 72 valence electrons. The highest BCUT2D eigenvalue weighted by Gasteiger charge is 2.15. The molecule has 1 rings (SSSR count). The van der Waals surface area contributed by atoms with Gasteiger partial charge in [0.05, 0.1) is 6.61 Å². The number of allylic oxidation sites excluding steroid dienone is 3. The van der Waals surface area contributed by atoms with Crippen molar-refractivity contribution < 1.29 is 15.0 Å². The van der Waals surface area contributed by atoms with E-state index >= 15 is 0 Å². The van der Waals surface area contributed by atoms with Gasteiger partial charge in [-0.25, -0.2) is 4.79 Å². The number of carboxylic acids is 1. The summed E-state index contributed by atoms with van der Waals surface area (Å²) in [6, 6.07) is -0.908. The number of aliphatic hydroxyl groups excluding tert-OH is 1. The number of aliphatic hydroxyl groups is 1. The van der Waals surface area contributed by atoms with E-state index in [1.165, 1.54) is 0 Å². The number of aliphatic carboxylic acids is 1. The van der Waals surface area contributed by atoms with E-state index in [9.17, 15) is 4.79 Å². The number of carbonyl (C=O) groups is 1. The molecule has 0 fully saturated rings. The molecule has 4 nitrogen and oxygen atoms in total. The van der Waals surface area contributed by atoms with Crippen LogP contribution in [0.3, 0.4) is 0 Å². The van der Waals surface area contributed by atoms with Gasteiger partial charge in [0.2, 0.25) is 0 Å². The standard InChI is InChI=1S/C9H13NO3/c11-6-8(9(12)13)10-7-4-2-1-3-5-7/h2,4-5,8,10-11H,1,3,6H2,(H,12,13). The first-order chi connectivity index (χ1) is 6.24. The van der Waals surface area contributed by atoms with Crippen LogP contribution in [0.15, 0.2) is 23.9 Å². The maximum absolute atomic E-state index is 10.5. The number of rotatable bonds is 4. The van der Waals surface area contributed by atoms with Gasteiger partial charge in [0.1, 0.15) is 6.04 Å². The monoisotopic (exact) mass is 183 g/mol. The van der Waals surface area contributed by atoms with E-state index in [0.29, 0.717) is 0 Å². The van der Waals surface area contributed by atoms with Crippen LogP contribution in [0.25, 0.3) is 0 Å². The van der Waals surface area contributed by atoms with E-state index < -0.39 is 18.6 Å². The lowest BCUT2D eigenvalue weighted by molar-refractivity contribution is -0.140. The minimum atomic E-state index is -1.04. The Morgan fingerprint density at radius 3 is 2.85 bits per heavy atom. The highest BCUT2D eigenvalue weighted by atomic mass is 16.4. The van der Waals surface area contributed by atoms with Gasteiger partial charge in [-0.3, -0.25) is 0 Å². The third-order valence-corrected chi connectivity index (χ3v) is 1.82. The molecule has 0 aromatic carbocycles. The molecular weight excluding hydrogens is 170 g/mol. The van der Waals surface area contributed by atoms with Crippen molar-refractivity contribution in [2.45, 2.75) is 18.9 Å². The molecule has 0 spiro atoms. The van der Waals surface area contributed by atoms with Crippen LogP contribution in [0.5, 0.6) is 0 Å². The van der Waals surface area contributed by atoms with E-state index in [1.54, 1.807) is 0 Å². The topological polar surface area (TPSA) is 69.6 Å². The van der Waals surface area contributed by atoms with Crippen molar-refractivity contribution in [2.24, 2.45) is 0 Å². The molecule has 1 aliphatic carbocycles. The quantitative estimate of drug-likeness (QED) is 0.584. The first kappa shape index (κ1) is 9.80. The van der Waals surface area contributed by atoms with Gasteiger partial charge in [-0.2, -0.15) is 0 Å². The average Bonchev–Trinajstić information content (AvgIpc) is 2.15. The van der Waals surface area contributed by atoms with Gasteiger partial charge in [0.25, 0.3) is 0 Å². The Hall–Kier alpha value is -1.29. The van der Waals surface area contributed by atoms with Crippen LogP contribution in [0.1, 0.15) is 12.8 Å². The van der Waals surface area contributed by atoms with Gasteiger partial charge >= 0.3 is 5.97 Å². The Bertz CT molecular complexity index is 245. The molecule has 1 unspecified atom stereocenters. The van der Waals surface area contributed by atoms with Gasteiger partial charge in [-0.15, -0.1) is 0 Å². The van der Waals surface area contributed by atoms with Gasteiger partial charge in [-0.1, -0.05) is 12.2 Å². The largest absolute Gasteiger partial charge is 0.480 e. The molecule has 0 saturated carbocycles. The van der Waals surface area contributed by atoms with E-state index in [-0.39, 0.29) is 0 Å². The molecule has 0 heterocycles. The Morgan fingerprint density at radius 1 is 1.62 bits per heavy atom. The van der Waals surface area contributed by atoms with Gasteiger partial charge in [0.15, 0.2) is 0 Å². The highest BCUT2D eigenvalue weighted by molar-refractivity contribution is 5.74. The molecule has 4 heteroatoms. The fraction of sp³-hybridized carbons (Fsp3) is 0.444. The third-order valence-electron chi connectivity index (χ3n) is 1.82. The SMILES string of the molecule is O=C(O)C(CO)NC1=CCCC=C1. The normalized spacial score (nSPS) is 17.8. The van der Waals surface area contributed by atoms with E-state index in [1.807, 2.05) is 18.2 Å². The van der Waals surface area contributed by atoms with Crippen molar-refractivity contribution in [1.82, 2.24) is 5.32 Å². The van der Waals surface area contributed by atoms with Crippen LogP contribution in [-0.2, 0) is 4.79 Å². The molecule has 13 heavy (non-hydrogen) atoms. The smallest absolute Gasteiger partial charge is 0.328 e. The highest BCUT2D eigenvalue weighted by Crippen LogP contribution is 2.07. The summed E-state index contributed by atoms with van der Waals surface area (Å²) in [5, 5.41) is 20.1. The molecule has 0 bridgehead atoms. The average molecular weight is 183 g/mol. The molecule has 1 atom stereocenters. The van der Waals surface area contributed by atoms with Crippen molar-refractivity contribution in [3.05, 3.63) is 23.9 Å². The summed E-state index contributed by atoms with van der Waals surface area (Å²) in [7, 11) is 0. The van der Waals surface area contributed by atoms with Crippen LogP contribution >= 0.6 is 0 Å². The van der Waals surface area contributed by atoms with Crippen molar-refractivity contribution in [1.29, 1.82) is 0 Å². The molecule has 0 aliphatic heterocycles. The summed E-state index contributed by atoms with van der Waals surface area (Å²) in [6.07, 6.45) is 7.62. The van der Waals surface area contributed by atoms with Crippen molar-refractivity contribution in [2.75, 3.05) is 6.61 Å². The summed E-state index contributed by atoms with van der Waals surface area (Å²) in [6.45, 7) is -0.402. The summed E-state index contributed by atoms with van der Waals surface area (Å²) >= 11 is 0. The van der Waals surface area contributed by atoms with E-state index in [2.05, 4.69) is 5.32 Å². The summed E-state index contributed by atoms with van der Waals surface area (Å²) in [4.78, 5) is 10.5. The maximum Gasteiger partial charge on any atom is 0.328 e. The Labute approximate surface area is 76.6 Å². The first-order valence-electron chi connectivity index (χ1n) is 4.21. The second-order valence-corrected chi connectivity index (χ2v) is 2.86. The molecule has 1 aliphatic rings. The first-order valence-corrected chi connectivity index (χ1v) is 4.21. The Morgan fingerprint density at radius 2 is 2.38 bits per heavy atom. The fourth-order valence-corrected chi connectivity index (χ4v) is 1.11. The maximum atomic E-state index is 10.5. The molecule has 0 amide bonds. The predicted octanol–water partition coefficient (Wildman–Crippen LogP) is 0.255. The van der Waals surface area contributed by atoms with E-state index in [4.69, 9.17) is 10.2 Å². The number of nitrogens with one attached hydrogen (secondary N) is 1. The lowest BCUT2D eigenvalue weighted by atomic mass is 10.1. The zero-order valence-electron chi connectivity index (χ0n) is 7.23. The van der Waals surface area contributed by atoms with E-state index in [0.717, 1.165) is 18.5 Å². The minimum Gasteiger partial charge on any atom is -0.480 e. The van der Waals surface area contributed by atoms with Crippen LogP contribution in [-0.4, -0.2) is 28.8 Å². The van der Waals surface area contributed by atoms with Crippen molar-refractivity contribution >= 4 is 5.97 Å². The minimum absolute atomic E-state index is 0.402. The third kappa shape index (κ3) is 2.91. The fourth-order valence-electron chi connectivity index (χ4n) is 1.11. The Balaban J connectivity index is 2.50. The zero-order valence-corrected chi connectivity index (χ0v) is 7.23. The lowest BCUT2D eigenvalue weighted by Gasteiger charge is -2.15. The molecular formula is C9H13NO3. The lowest BCUT2D eigenvalue weighted by Crippen LogP contribution is -2.38. The van der Waals surface area contributed by atoms with Crippen LogP contribution in [0.4, 0.5) is 0 Å². The molecule has 0 aromatic rings. The number of hydrogen-bond acceptors (Lipinski definition) is 3. The van der Waals surface area contributed by atoms with Crippen LogP contribution in [0, 0.1) is 0 Å². The van der Waals surface area contributed by atoms with Gasteiger partial charge in [-0.05, 0) is 18.9 Å². The van der Waals surface area contributed by atoms with Crippen molar-refractivity contribution in [3.63, 3.8) is 0 Å².